The molecule has 0 spiro atoms. The Morgan fingerprint density at radius 3 is 1.86 bits per heavy atom. The molecular weight excluding hydrogens is 326 g/mol. The molecule has 0 aromatic carbocycles. The van der Waals surface area contributed by atoms with Gasteiger partial charge >= 0.3 is 29.1 Å². The molecular formula is C8H17Br2MgNO2. The molecule has 0 aliphatic heterocycles. The Balaban J connectivity index is -0.000000167. The van der Waals surface area contributed by atoms with Crippen molar-refractivity contribution in [2.45, 2.75) is 33.3 Å². The normalized spacial score (nSPS) is 8.64. The van der Waals surface area contributed by atoms with Crippen molar-refractivity contribution >= 4 is 29.1 Å². The zero-order valence-corrected chi connectivity index (χ0v) is 14.0. The van der Waals surface area contributed by atoms with E-state index < -0.39 is 0 Å². The van der Waals surface area contributed by atoms with Gasteiger partial charge in [-0.3, -0.25) is 0 Å². The van der Waals surface area contributed by atoms with E-state index in [0.717, 1.165) is 0 Å². The van der Waals surface area contributed by atoms with Crippen LogP contribution in [0.3, 0.4) is 0 Å². The van der Waals surface area contributed by atoms with Crippen molar-refractivity contribution in [1.29, 1.82) is 0 Å². The Morgan fingerprint density at radius 2 is 1.64 bits per heavy atom. The Morgan fingerprint density at radius 1 is 1.29 bits per heavy atom. The van der Waals surface area contributed by atoms with Crippen molar-refractivity contribution in [3.05, 3.63) is 0 Å². The summed E-state index contributed by atoms with van der Waals surface area (Å²) < 4.78 is 5.08. The Kier molecular flexibility index (Phi) is 18.2. The van der Waals surface area contributed by atoms with Gasteiger partial charge in [-0.2, -0.15) is 0 Å². The minimum absolute atomic E-state index is 0. The van der Waals surface area contributed by atoms with E-state index in [1.807, 2.05) is 27.7 Å². The number of halogens is 2. The summed E-state index contributed by atoms with van der Waals surface area (Å²) in [5.41, 5.74) is -0.388. The minimum atomic E-state index is -0.388. The predicted octanol–water partition coefficient (Wildman–Crippen LogP) is -4.50. The molecule has 0 heterocycles. The summed E-state index contributed by atoms with van der Waals surface area (Å²) in [6.07, 6.45) is -0.264. The summed E-state index contributed by atoms with van der Waals surface area (Å²) in [4.78, 5) is 12.6. The molecule has 3 nitrogen and oxygen atoms in total. The maximum atomic E-state index is 11.1. The molecule has 0 saturated heterocycles. The summed E-state index contributed by atoms with van der Waals surface area (Å²) >= 11 is 0. The van der Waals surface area contributed by atoms with E-state index in [-0.39, 0.29) is 68.7 Å². The van der Waals surface area contributed by atoms with Crippen LogP contribution < -0.4 is 34.0 Å². The molecule has 14 heavy (non-hydrogen) atoms. The van der Waals surface area contributed by atoms with Gasteiger partial charge in [0.2, 0.25) is 0 Å². The molecule has 0 aliphatic rings. The van der Waals surface area contributed by atoms with Crippen LogP contribution >= 0.6 is 0 Å². The molecule has 0 saturated carbocycles. The van der Waals surface area contributed by atoms with Gasteiger partial charge in [0.1, 0.15) is 5.60 Å². The Bertz CT molecular complexity index is 151. The first-order valence-corrected chi connectivity index (χ1v) is 3.81. The molecule has 0 bridgehead atoms. The maximum absolute atomic E-state index is 11.1. The van der Waals surface area contributed by atoms with Crippen LogP contribution in [0.5, 0.6) is 0 Å². The van der Waals surface area contributed by atoms with E-state index in [2.05, 4.69) is 0 Å². The van der Waals surface area contributed by atoms with E-state index in [1.165, 1.54) is 4.90 Å². The average molecular weight is 343 g/mol. The van der Waals surface area contributed by atoms with Gasteiger partial charge < -0.3 is 43.6 Å². The average Bonchev–Trinajstić information content (AvgIpc) is 1.82. The van der Waals surface area contributed by atoms with E-state index >= 15 is 0 Å². The van der Waals surface area contributed by atoms with E-state index in [4.69, 9.17) is 4.74 Å². The van der Waals surface area contributed by atoms with Crippen molar-refractivity contribution < 1.29 is 43.5 Å². The molecule has 0 aliphatic carbocycles. The molecule has 82 valence electrons. The Hall–Kier alpha value is 0.996. The zero-order chi connectivity index (χ0) is 9.07. The quantitative estimate of drug-likeness (QED) is 0.449. The Labute approximate surface area is 124 Å². The number of carbonyl (C=O) groups is 1. The van der Waals surface area contributed by atoms with Crippen LogP contribution in [0.4, 0.5) is 4.79 Å². The first-order valence-electron chi connectivity index (χ1n) is 3.81. The second kappa shape index (κ2) is 10.5. The van der Waals surface area contributed by atoms with Crippen LogP contribution in [0.15, 0.2) is 0 Å². The second-order valence-corrected chi connectivity index (χ2v) is 3.49. The fraction of sp³-hybridized carbons (Fsp3) is 0.875. The van der Waals surface area contributed by atoms with Crippen LogP contribution in [-0.2, 0) is 4.74 Å². The summed E-state index contributed by atoms with van der Waals surface area (Å²) in [7, 11) is 1.72. The van der Waals surface area contributed by atoms with Crippen molar-refractivity contribution in [3.63, 3.8) is 0 Å². The van der Waals surface area contributed by atoms with Crippen LogP contribution in [0.2, 0.25) is 0 Å². The van der Waals surface area contributed by atoms with Gasteiger partial charge in [0, 0.05) is 13.6 Å². The summed E-state index contributed by atoms with van der Waals surface area (Å²) in [5, 5.41) is 0. The molecule has 0 unspecified atom stereocenters. The van der Waals surface area contributed by atoms with Gasteiger partial charge in [-0.25, -0.2) is 4.79 Å². The molecule has 0 atom stereocenters. The predicted molar refractivity (Wildman–Crippen MR) is 50.3 cm³/mol. The smallest absolute Gasteiger partial charge is 1.00 e. The van der Waals surface area contributed by atoms with Crippen molar-refractivity contribution in [1.82, 2.24) is 4.90 Å². The zero-order valence-electron chi connectivity index (χ0n) is 9.43. The van der Waals surface area contributed by atoms with Crippen molar-refractivity contribution in [2.75, 3.05) is 13.6 Å². The number of ether oxygens (including phenoxy) is 1. The van der Waals surface area contributed by atoms with E-state index in [0.29, 0.717) is 6.54 Å². The van der Waals surface area contributed by atoms with E-state index in [1.54, 1.807) is 7.05 Å². The topological polar surface area (TPSA) is 29.5 Å². The molecule has 0 aromatic rings. The third kappa shape index (κ3) is 13.0. The summed E-state index contributed by atoms with van der Waals surface area (Å²) in [6.45, 7) is 8.15. The second-order valence-electron chi connectivity index (χ2n) is 3.49. The number of amides is 1. The minimum Gasteiger partial charge on any atom is -1.00 e. The SMILES string of the molecule is CCN(C)C(=O)OC(C)(C)C.[Br-].[Br-].[Mg+2]. The van der Waals surface area contributed by atoms with Crippen LogP contribution in [0.25, 0.3) is 0 Å². The van der Waals surface area contributed by atoms with E-state index in [9.17, 15) is 4.79 Å². The van der Waals surface area contributed by atoms with Gasteiger partial charge in [0.15, 0.2) is 0 Å². The van der Waals surface area contributed by atoms with Gasteiger partial charge in [0.05, 0.1) is 0 Å². The molecule has 0 fully saturated rings. The van der Waals surface area contributed by atoms with Crippen LogP contribution in [0, 0.1) is 0 Å². The van der Waals surface area contributed by atoms with Gasteiger partial charge in [-0.1, -0.05) is 0 Å². The molecule has 0 radical (unpaired) electrons. The largest absolute Gasteiger partial charge is 2.00 e. The summed E-state index contributed by atoms with van der Waals surface area (Å²) in [6, 6.07) is 0. The maximum Gasteiger partial charge on any atom is 2.00 e. The molecule has 1 amide bonds. The van der Waals surface area contributed by atoms with Crippen molar-refractivity contribution in [2.24, 2.45) is 0 Å². The first-order chi connectivity index (χ1) is 4.87. The number of nitrogens with zero attached hydrogens (tertiary/aromatic N) is 1. The number of hydrogen-bond acceptors (Lipinski definition) is 2. The van der Waals surface area contributed by atoms with Gasteiger partial charge in [-0.15, -0.1) is 0 Å². The third-order valence-corrected chi connectivity index (χ3v) is 1.18. The number of carbonyl (C=O) groups excluding carboxylic acids is 1. The molecule has 0 N–H and O–H groups in total. The van der Waals surface area contributed by atoms with Gasteiger partial charge in [-0.05, 0) is 27.7 Å². The van der Waals surface area contributed by atoms with Gasteiger partial charge in [0.25, 0.3) is 0 Å². The molecule has 6 heteroatoms. The molecule has 0 rings (SSSR count). The van der Waals surface area contributed by atoms with Crippen LogP contribution in [0.1, 0.15) is 27.7 Å². The van der Waals surface area contributed by atoms with Crippen LogP contribution in [-0.4, -0.2) is 53.2 Å². The molecule has 0 aromatic heterocycles. The first kappa shape index (κ1) is 24.3. The monoisotopic (exact) mass is 341 g/mol. The standard InChI is InChI=1S/C8H17NO2.2BrH.Mg/c1-6-9(5)7(10)11-8(2,3)4;;;/h6H2,1-5H3;2*1H;/q;;;+2/p-2. The number of hydrogen-bond donors (Lipinski definition) is 0. The fourth-order valence-corrected chi connectivity index (χ4v) is 0.469. The summed E-state index contributed by atoms with van der Waals surface area (Å²) in [5.74, 6) is 0. The number of rotatable bonds is 1. The van der Waals surface area contributed by atoms with Crippen molar-refractivity contribution in [3.8, 4) is 0 Å². The third-order valence-electron chi connectivity index (χ3n) is 1.18. The fourth-order valence-electron chi connectivity index (χ4n) is 0.469.